The Balaban J connectivity index is 2.53. The summed E-state index contributed by atoms with van der Waals surface area (Å²) in [6.07, 6.45) is 0.496. The lowest BCUT2D eigenvalue weighted by Crippen LogP contribution is -2.10. The van der Waals surface area contributed by atoms with Crippen LogP contribution in [-0.2, 0) is 0 Å². The molecule has 0 atom stereocenters. The van der Waals surface area contributed by atoms with Crippen LogP contribution in [0.4, 0.5) is 4.39 Å². The first-order valence-corrected chi connectivity index (χ1v) is 4.44. The molecule has 0 unspecified atom stereocenters. The lowest BCUT2D eigenvalue weighted by molar-refractivity contribution is 0.347. The fourth-order valence-electron chi connectivity index (χ4n) is 1.02. The van der Waals surface area contributed by atoms with E-state index in [4.69, 9.17) is 10.5 Å². The summed E-state index contributed by atoms with van der Waals surface area (Å²) in [6.45, 7) is 2.36. The molecule has 3 heteroatoms. The molecule has 1 aromatic rings. The summed E-state index contributed by atoms with van der Waals surface area (Å²) in [6, 6.07) is 7.60. The molecule has 0 fully saturated rings. The normalized spacial score (nSPS) is 11.5. The highest BCUT2D eigenvalue weighted by atomic mass is 19.1. The highest BCUT2D eigenvalue weighted by Gasteiger charge is 1.97. The molecule has 14 heavy (non-hydrogen) atoms. The summed E-state index contributed by atoms with van der Waals surface area (Å²) in [7, 11) is 0. The summed E-state index contributed by atoms with van der Waals surface area (Å²) in [5, 5.41) is 0. The highest BCUT2D eigenvalue weighted by molar-refractivity contribution is 5.27. The number of nitrogens with two attached hydrogens (primary N) is 1. The molecule has 0 heterocycles. The van der Waals surface area contributed by atoms with E-state index in [1.54, 1.807) is 0 Å². The summed E-state index contributed by atoms with van der Waals surface area (Å²) < 4.78 is 17.5. The monoisotopic (exact) mass is 195 g/mol. The molecule has 0 saturated carbocycles. The summed E-state index contributed by atoms with van der Waals surface area (Å²) in [5.74, 6) is 0.734. The van der Waals surface area contributed by atoms with Crippen LogP contribution in [0.2, 0.25) is 0 Å². The molecule has 2 N–H and O–H groups in total. The maximum Gasteiger partial charge on any atom is 0.120 e. The molecule has 76 valence electrons. The average Bonchev–Trinajstić information content (AvgIpc) is 2.19. The molecule has 0 spiro atoms. The topological polar surface area (TPSA) is 35.2 Å². The van der Waals surface area contributed by atoms with Gasteiger partial charge in [-0.1, -0.05) is 12.1 Å². The van der Waals surface area contributed by atoms with Crippen LogP contribution in [0.3, 0.4) is 0 Å². The van der Waals surface area contributed by atoms with Crippen molar-refractivity contribution in [1.82, 2.24) is 0 Å². The zero-order valence-electron chi connectivity index (χ0n) is 8.16. The standard InChI is InChI=1S/C11H14FNO/c1-9-3-2-4-11(5-9)14-8-10(6-12)7-13/h2-6H,7-8,13H2,1H3. The van der Waals surface area contributed by atoms with Crippen molar-refractivity contribution in [2.24, 2.45) is 5.73 Å². The third-order valence-corrected chi connectivity index (χ3v) is 1.83. The number of halogens is 1. The predicted molar refractivity (Wildman–Crippen MR) is 54.9 cm³/mol. The van der Waals surface area contributed by atoms with Crippen molar-refractivity contribution in [1.29, 1.82) is 0 Å². The first-order valence-electron chi connectivity index (χ1n) is 4.44. The van der Waals surface area contributed by atoms with Crippen molar-refractivity contribution < 1.29 is 9.13 Å². The van der Waals surface area contributed by atoms with E-state index in [1.165, 1.54) is 0 Å². The molecular weight excluding hydrogens is 181 g/mol. The van der Waals surface area contributed by atoms with Gasteiger partial charge in [-0.3, -0.25) is 0 Å². The molecule has 0 amide bonds. The summed E-state index contributed by atoms with van der Waals surface area (Å²) in [5.41, 5.74) is 6.85. The van der Waals surface area contributed by atoms with Gasteiger partial charge in [0.05, 0.1) is 6.33 Å². The van der Waals surface area contributed by atoms with Crippen LogP contribution in [-0.4, -0.2) is 13.2 Å². The SMILES string of the molecule is Cc1cccc(OCC(=CF)CN)c1. The summed E-state index contributed by atoms with van der Waals surface area (Å²) >= 11 is 0. The zero-order chi connectivity index (χ0) is 10.4. The molecule has 0 aliphatic heterocycles. The fourth-order valence-corrected chi connectivity index (χ4v) is 1.02. The Morgan fingerprint density at radius 2 is 2.36 bits per heavy atom. The third-order valence-electron chi connectivity index (χ3n) is 1.83. The van der Waals surface area contributed by atoms with Crippen LogP contribution >= 0.6 is 0 Å². The van der Waals surface area contributed by atoms with Crippen LogP contribution in [0.25, 0.3) is 0 Å². The van der Waals surface area contributed by atoms with Crippen molar-refractivity contribution >= 4 is 0 Å². The number of hydrogen-bond donors (Lipinski definition) is 1. The average molecular weight is 195 g/mol. The van der Waals surface area contributed by atoms with Crippen LogP contribution < -0.4 is 10.5 Å². The molecule has 1 aromatic carbocycles. The molecular formula is C11H14FNO. The maximum atomic E-state index is 12.1. The largest absolute Gasteiger partial charge is 0.489 e. The first-order chi connectivity index (χ1) is 6.76. The van der Waals surface area contributed by atoms with Crippen LogP contribution in [0, 0.1) is 6.92 Å². The Labute approximate surface area is 83.2 Å². The molecule has 0 saturated heterocycles. The van der Waals surface area contributed by atoms with E-state index in [0.29, 0.717) is 11.9 Å². The van der Waals surface area contributed by atoms with Gasteiger partial charge in [-0.15, -0.1) is 0 Å². The van der Waals surface area contributed by atoms with Gasteiger partial charge in [0.1, 0.15) is 12.4 Å². The number of hydrogen-bond acceptors (Lipinski definition) is 2. The van der Waals surface area contributed by atoms with Gasteiger partial charge in [-0.25, -0.2) is 4.39 Å². The molecule has 0 aliphatic carbocycles. The second kappa shape index (κ2) is 5.40. The Morgan fingerprint density at radius 3 is 2.93 bits per heavy atom. The Kier molecular flexibility index (Phi) is 4.13. The molecule has 1 rings (SSSR count). The van der Waals surface area contributed by atoms with Crippen LogP contribution in [0.15, 0.2) is 36.2 Å². The fraction of sp³-hybridized carbons (Fsp3) is 0.273. The number of rotatable bonds is 4. The quantitative estimate of drug-likeness (QED) is 0.799. The van der Waals surface area contributed by atoms with Gasteiger partial charge < -0.3 is 10.5 Å². The number of ether oxygens (including phenoxy) is 1. The van der Waals surface area contributed by atoms with Crippen molar-refractivity contribution in [3.63, 3.8) is 0 Å². The zero-order valence-corrected chi connectivity index (χ0v) is 8.16. The highest BCUT2D eigenvalue weighted by Crippen LogP contribution is 2.13. The smallest absolute Gasteiger partial charge is 0.120 e. The van der Waals surface area contributed by atoms with Crippen molar-refractivity contribution in [2.45, 2.75) is 6.92 Å². The number of aryl methyl sites for hydroxylation is 1. The predicted octanol–water partition coefficient (Wildman–Crippen LogP) is 2.19. The van der Waals surface area contributed by atoms with Gasteiger partial charge in [-0.05, 0) is 24.6 Å². The third kappa shape index (κ3) is 3.18. The van der Waals surface area contributed by atoms with E-state index in [1.807, 2.05) is 31.2 Å². The van der Waals surface area contributed by atoms with Gasteiger partial charge in [0, 0.05) is 12.1 Å². The van der Waals surface area contributed by atoms with Crippen molar-refractivity contribution in [3.05, 3.63) is 41.7 Å². The van der Waals surface area contributed by atoms with Crippen molar-refractivity contribution in [2.75, 3.05) is 13.2 Å². The van der Waals surface area contributed by atoms with E-state index < -0.39 is 0 Å². The van der Waals surface area contributed by atoms with E-state index in [2.05, 4.69) is 0 Å². The minimum Gasteiger partial charge on any atom is -0.489 e. The molecule has 2 nitrogen and oxygen atoms in total. The minimum atomic E-state index is 0.183. The van der Waals surface area contributed by atoms with E-state index in [9.17, 15) is 4.39 Å². The van der Waals surface area contributed by atoms with Gasteiger partial charge in [-0.2, -0.15) is 0 Å². The second-order valence-electron chi connectivity index (χ2n) is 3.08. The van der Waals surface area contributed by atoms with Gasteiger partial charge >= 0.3 is 0 Å². The van der Waals surface area contributed by atoms with E-state index in [0.717, 1.165) is 11.3 Å². The Bertz CT molecular complexity index is 323. The van der Waals surface area contributed by atoms with Gasteiger partial charge in [0.15, 0.2) is 0 Å². The molecule has 0 aliphatic rings. The first kappa shape index (κ1) is 10.7. The lowest BCUT2D eigenvalue weighted by atomic mass is 10.2. The molecule has 0 bridgehead atoms. The minimum absolute atomic E-state index is 0.183. The Hall–Kier alpha value is -1.35. The van der Waals surface area contributed by atoms with E-state index >= 15 is 0 Å². The van der Waals surface area contributed by atoms with Gasteiger partial charge in [0.2, 0.25) is 0 Å². The number of benzene rings is 1. The van der Waals surface area contributed by atoms with Crippen LogP contribution in [0.5, 0.6) is 5.75 Å². The van der Waals surface area contributed by atoms with Crippen LogP contribution in [0.1, 0.15) is 5.56 Å². The van der Waals surface area contributed by atoms with Gasteiger partial charge in [0.25, 0.3) is 0 Å². The molecule has 0 radical (unpaired) electrons. The Morgan fingerprint density at radius 1 is 1.57 bits per heavy atom. The summed E-state index contributed by atoms with van der Waals surface area (Å²) in [4.78, 5) is 0. The van der Waals surface area contributed by atoms with E-state index in [-0.39, 0.29) is 13.2 Å². The second-order valence-corrected chi connectivity index (χ2v) is 3.08. The molecule has 0 aromatic heterocycles. The lowest BCUT2D eigenvalue weighted by Gasteiger charge is -2.07. The van der Waals surface area contributed by atoms with Crippen molar-refractivity contribution in [3.8, 4) is 5.75 Å². The maximum absolute atomic E-state index is 12.1.